The minimum absolute atomic E-state index is 0.237. The highest BCUT2D eigenvalue weighted by atomic mass is 16.3. The number of fused-ring (bicyclic) bond motifs is 12. The van der Waals surface area contributed by atoms with Crippen LogP contribution in [0.25, 0.3) is 133 Å². The zero-order valence-electron chi connectivity index (χ0n) is 39.5. The molecule has 15 rings (SSSR count). The fourth-order valence-electron chi connectivity index (χ4n) is 11.7. The van der Waals surface area contributed by atoms with E-state index in [4.69, 9.17) is 19.4 Å². The first-order chi connectivity index (χ1) is 35.4. The highest BCUT2D eigenvalue weighted by Crippen LogP contribution is 2.52. The second-order valence-corrected chi connectivity index (χ2v) is 19.6. The summed E-state index contributed by atoms with van der Waals surface area (Å²) in [6.45, 7) is 4.74. The molecule has 338 valence electrons. The fourth-order valence-corrected chi connectivity index (χ4v) is 11.7. The van der Waals surface area contributed by atoms with Crippen LogP contribution in [0.4, 0.5) is 0 Å². The van der Waals surface area contributed by atoms with E-state index in [9.17, 15) is 0 Å². The monoisotopic (exact) mass is 921 g/mol. The average molecular weight is 922 g/mol. The summed E-state index contributed by atoms with van der Waals surface area (Å²) in [5.74, 6) is 1.91. The molecule has 1 aliphatic rings. The highest BCUT2D eigenvalue weighted by Gasteiger charge is 2.37. The lowest BCUT2D eigenvalue weighted by Gasteiger charge is -2.22. The predicted octanol–water partition coefficient (Wildman–Crippen LogP) is 16.9. The van der Waals surface area contributed by atoms with Gasteiger partial charge >= 0.3 is 0 Å². The van der Waals surface area contributed by atoms with Gasteiger partial charge in [0.25, 0.3) is 0 Å². The van der Waals surface area contributed by atoms with Crippen molar-refractivity contribution in [3.05, 3.63) is 236 Å². The van der Waals surface area contributed by atoms with Crippen molar-refractivity contribution in [2.45, 2.75) is 19.3 Å². The molecule has 0 fully saturated rings. The standard InChI is InChI=1S/C66H43N5O/c1-66(2)55-31-29-42(43-30-32-58-51(35-43)53-37-54-48-26-13-15-28-61(48)72-62(54)39-60(53)70(58)45-22-10-5-11-23-45)34-49(55)50-36-52-47-25-12-14-27-57(47)71(59(52)38-56(50)66)46-24-16-21-44(33-46)65-68-63(40-17-6-3-7-18-40)67-64(69-65)41-19-8-4-9-20-41/h3-39H,1-2H3. The maximum absolute atomic E-state index is 6.44. The van der Waals surface area contributed by atoms with Gasteiger partial charge < -0.3 is 13.6 Å². The molecular weight excluding hydrogens is 879 g/mol. The lowest BCUT2D eigenvalue weighted by molar-refractivity contribution is 0.661. The summed E-state index contributed by atoms with van der Waals surface area (Å²) < 4.78 is 11.2. The van der Waals surface area contributed by atoms with E-state index >= 15 is 0 Å². The Labute approximate surface area is 414 Å². The molecule has 4 aromatic heterocycles. The molecule has 0 spiro atoms. The summed E-state index contributed by atoms with van der Waals surface area (Å²) in [5.41, 5.74) is 18.7. The van der Waals surface area contributed by atoms with Gasteiger partial charge in [0.2, 0.25) is 0 Å². The van der Waals surface area contributed by atoms with E-state index in [1.807, 2.05) is 66.7 Å². The Kier molecular flexibility index (Phi) is 8.61. The first-order valence-electron chi connectivity index (χ1n) is 24.6. The molecule has 1 aliphatic carbocycles. The molecule has 6 nitrogen and oxygen atoms in total. The third kappa shape index (κ3) is 6.05. The van der Waals surface area contributed by atoms with Crippen LogP contribution in [0.5, 0.6) is 0 Å². The van der Waals surface area contributed by atoms with Gasteiger partial charge in [-0.15, -0.1) is 0 Å². The zero-order chi connectivity index (χ0) is 47.7. The number of nitrogens with zero attached hydrogens (tertiary/aromatic N) is 5. The van der Waals surface area contributed by atoms with Crippen LogP contribution in [-0.4, -0.2) is 24.1 Å². The molecule has 0 atom stereocenters. The predicted molar refractivity (Wildman–Crippen MR) is 295 cm³/mol. The number of para-hydroxylation sites is 3. The number of rotatable bonds is 6. The van der Waals surface area contributed by atoms with Gasteiger partial charge in [-0.3, -0.25) is 0 Å². The van der Waals surface area contributed by atoms with E-state index in [2.05, 4.69) is 181 Å². The molecule has 6 heteroatoms. The van der Waals surface area contributed by atoms with Gasteiger partial charge in [0.1, 0.15) is 11.2 Å². The molecule has 4 heterocycles. The Hall–Kier alpha value is -9.39. The largest absolute Gasteiger partial charge is 0.456 e. The summed E-state index contributed by atoms with van der Waals surface area (Å²) in [4.78, 5) is 15.1. The van der Waals surface area contributed by atoms with E-state index in [0.29, 0.717) is 17.5 Å². The van der Waals surface area contributed by atoms with E-state index in [1.54, 1.807) is 0 Å². The lowest BCUT2D eigenvalue weighted by Crippen LogP contribution is -2.15. The summed E-state index contributed by atoms with van der Waals surface area (Å²) >= 11 is 0. The molecular formula is C66H43N5O. The van der Waals surface area contributed by atoms with Gasteiger partial charge in [0.05, 0.1) is 22.1 Å². The first kappa shape index (κ1) is 40.5. The van der Waals surface area contributed by atoms with Crippen molar-refractivity contribution < 1.29 is 4.42 Å². The van der Waals surface area contributed by atoms with Crippen molar-refractivity contribution in [3.63, 3.8) is 0 Å². The molecule has 72 heavy (non-hydrogen) atoms. The Morgan fingerprint density at radius 3 is 1.62 bits per heavy atom. The Bertz CT molecular complexity index is 4470. The van der Waals surface area contributed by atoms with Crippen LogP contribution < -0.4 is 0 Å². The molecule has 0 saturated carbocycles. The van der Waals surface area contributed by atoms with Gasteiger partial charge in [-0.25, -0.2) is 15.0 Å². The second kappa shape index (κ2) is 15.3. The third-order valence-electron chi connectivity index (χ3n) is 15.1. The van der Waals surface area contributed by atoms with Crippen LogP contribution in [0.15, 0.2) is 229 Å². The smallest absolute Gasteiger partial charge is 0.164 e. The normalized spacial score (nSPS) is 13.0. The molecule has 14 aromatic rings. The van der Waals surface area contributed by atoms with Crippen LogP contribution in [-0.2, 0) is 5.41 Å². The van der Waals surface area contributed by atoms with Gasteiger partial charge in [0, 0.05) is 71.9 Å². The topological polar surface area (TPSA) is 61.7 Å². The summed E-state index contributed by atoms with van der Waals surface area (Å²) in [7, 11) is 0. The number of hydrogen-bond acceptors (Lipinski definition) is 4. The van der Waals surface area contributed by atoms with Crippen molar-refractivity contribution in [2.24, 2.45) is 0 Å². The van der Waals surface area contributed by atoms with Crippen LogP contribution in [0.1, 0.15) is 25.0 Å². The first-order valence-corrected chi connectivity index (χ1v) is 24.6. The molecule has 0 bridgehead atoms. The van der Waals surface area contributed by atoms with Crippen LogP contribution in [0.2, 0.25) is 0 Å². The van der Waals surface area contributed by atoms with Crippen molar-refractivity contribution in [3.8, 4) is 67.8 Å². The molecule has 0 aliphatic heterocycles. The number of furan rings is 1. The minimum Gasteiger partial charge on any atom is -0.456 e. The van der Waals surface area contributed by atoms with Crippen molar-refractivity contribution in [2.75, 3.05) is 0 Å². The highest BCUT2D eigenvalue weighted by molar-refractivity contribution is 6.18. The van der Waals surface area contributed by atoms with Crippen LogP contribution >= 0.6 is 0 Å². The van der Waals surface area contributed by atoms with Crippen LogP contribution in [0.3, 0.4) is 0 Å². The van der Waals surface area contributed by atoms with E-state index in [0.717, 1.165) is 66.6 Å². The molecule has 0 radical (unpaired) electrons. The molecule has 10 aromatic carbocycles. The molecule has 0 N–H and O–H groups in total. The van der Waals surface area contributed by atoms with Crippen molar-refractivity contribution in [1.29, 1.82) is 0 Å². The quantitative estimate of drug-likeness (QED) is 0.167. The maximum Gasteiger partial charge on any atom is 0.164 e. The van der Waals surface area contributed by atoms with E-state index in [-0.39, 0.29) is 5.41 Å². The Morgan fingerprint density at radius 2 is 0.861 bits per heavy atom. The Morgan fingerprint density at radius 1 is 0.319 bits per heavy atom. The number of benzene rings is 10. The van der Waals surface area contributed by atoms with Gasteiger partial charge in [-0.1, -0.05) is 159 Å². The van der Waals surface area contributed by atoms with Gasteiger partial charge in [-0.2, -0.15) is 0 Å². The average Bonchev–Trinajstić information content (AvgIpc) is 4.14. The number of aromatic nitrogens is 5. The SMILES string of the molecule is CC1(C)c2ccc(-c3ccc4c(c3)c3cc5c(cc3n4-c3ccccc3)oc3ccccc35)cc2-c2cc3c4ccccc4n(-c4cccc(-c5nc(-c6ccccc6)nc(-c6ccccc6)n5)c4)c3cc21. The van der Waals surface area contributed by atoms with E-state index in [1.165, 1.54) is 60.4 Å². The van der Waals surface area contributed by atoms with Crippen molar-refractivity contribution in [1.82, 2.24) is 24.1 Å². The zero-order valence-corrected chi connectivity index (χ0v) is 39.5. The van der Waals surface area contributed by atoms with Crippen molar-refractivity contribution >= 4 is 65.6 Å². The van der Waals surface area contributed by atoms with Crippen LogP contribution in [0, 0.1) is 0 Å². The summed E-state index contributed by atoms with van der Waals surface area (Å²) in [6, 6.07) is 80.2. The summed E-state index contributed by atoms with van der Waals surface area (Å²) in [6.07, 6.45) is 0. The minimum atomic E-state index is -0.237. The second-order valence-electron chi connectivity index (χ2n) is 19.6. The summed E-state index contributed by atoms with van der Waals surface area (Å²) in [5, 5.41) is 7.10. The van der Waals surface area contributed by atoms with Gasteiger partial charge in [-0.05, 0) is 106 Å². The molecule has 0 unspecified atom stereocenters. The van der Waals surface area contributed by atoms with E-state index < -0.39 is 0 Å². The molecule has 0 amide bonds. The van der Waals surface area contributed by atoms with Gasteiger partial charge in [0.15, 0.2) is 17.5 Å². The third-order valence-corrected chi connectivity index (χ3v) is 15.1. The fraction of sp³-hybridized carbons (Fsp3) is 0.0455. The Balaban J connectivity index is 0.875. The number of hydrogen-bond donors (Lipinski definition) is 0. The molecule has 0 saturated heterocycles. The lowest BCUT2D eigenvalue weighted by atomic mass is 9.82. The maximum atomic E-state index is 6.44.